The number of benzene rings is 1. The molecule has 0 atom stereocenters. The van der Waals surface area contributed by atoms with Gasteiger partial charge < -0.3 is 10.6 Å². The molecule has 1 saturated heterocycles. The van der Waals surface area contributed by atoms with Crippen molar-refractivity contribution in [1.82, 2.24) is 0 Å². The Morgan fingerprint density at radius 3 is 2.84 bits per heavy atom. The number of hydrogen-bond donors (Lipinski definition) is 2. The molecule has 0 amide bonds. The van der Waals surface area contributed by atoms with Crippen molar-refractivity contribution in [2.45, 2.75) is 25.0 Å². The van der Waals surface area contributed by atoms with Crippen LogP contribution in [0.5, 0.6) is 0 Å². The van der Waals surface area contributed by atoms with Crippen molar-refractivity contribution in [3.05, 3.63) is 28.2 Å². The molecule has 0 spiro atoms. The van der Waals surface area contributed by atoms with Gasteiger partial charge in [-0.1, -0.05) is 29.8 Å². The number of hydrogen-bond acceptors (Lipinski definition) is 3. The number of anilines is 1. The number of halogens is 1. The Morgan fingerprint density at radius 1 is 1.42 bits per heavy atom. The Labute approximate surface area is 127 Å². The topological polar surface area (TPSA) is 53.1 Å². The second-order valence-electron chi connectivity index (χ2n) is 5.42. The smallest absolute Gasteiger partial charge is 0.124 e. The summed E-state index contributed by atoms with van der Waals surface area (Å²) in [5.74, 6) is 1.24. The molecule has 0 saturated carbocycles. The highest BCUT2D eigenvalue weighted by Gasteiger charge is 2.25. The van der Waals surface area contributed by atoms with E-state index in [-0.39, 0.29) is 5.84 Å². The van der Waals surface area contributed by atoms with Crippen LogP contribution in [0.3, 0.4) is 0 Å². The average Bonchev–Trinajstić information content (AvgIpc) is 2.50. The molecule has 0 bridgehead atoms. The maximum Gasteiger partial charge on any atom is 0.124 e. The van der Waals surface area contributed by atoms with Crippen LogP contribution in [0.25, 0.3) is 0 Å². The second kappa shape index (κ2) is 5.75. The summed E-state index contributed by atoms with van der Waals surface area (Å²) in [6.07, 6.45) is 1.14. The van der Waals surface area contributed by atoms with Crippen LogP contribution in [-0.4, -0.2) is 29.4 Å². The van der Waals surface area contributed by atoms with Crippen molar-refractivity contribution in [3.63, 3.8) is 0 Å². The van der Waals surface area contributed by atoms with E-state index < -0.39 is 0 Å². The van der Waals surface area contributed by atoms with Gasteiger partial charge in [-0.2, -0.15) is 11.8 Å². The highest BCUT2D eigenvalue weighted by Crippen LogP contribution is 2.33. The number of nitrogens with one attached hydrogen (secondary N) is 1. The first-order chi connectivity index (χ1) is 8.89. The first kappa shape index (κ1) is 14.7. The third-order valence-electron chi connectivity index (χ3n) is 3.43. The van der Waals surface area contributed by atoms with E-state index in [1.807, 2.05) is 23.9 Å². The summed E-state index contributed by atoms with van der Waals surface area (Å²) in [5.41, 5.74) is 7.61. The lowest BCUT2D eigenvalue weighted by Gasteiger charge is -2.26. The van der Waals surface area contributed by atoms with Crippen LogP contribution >= 0.6 is 27.7 Å². The van der Waals surface area contributed by atoms with Crippen molar-refractivity contribution in [3.8, 4) is 0 Å². The molecule has 1 aliphatic rings. The molecule has 1 aliphatic heterocycles. The van der Waals surface area contributed by atoms with E-state index in [9.17, 15) is 0 Å². The zero-order chi connectivity index (χ0) is 14.0. The van der Waals surface area contributed by atoms with Gasteiger partial charge in [0.2, 0.25) is 0 Å². The van der Waals surface area contributed by atoms with Crippen LogP contribution < -0.4 is 10.6 Å². The van der Waals surface area contributed by atoms with Gasteiger partial charge in [0.1, 0.15) is 5.84 Å². The molecular formula is C14H20BrN3S. The highest BCUT2D eigenvalue weighted by atomic mass is 79.9. The first-order valence-corrected chi connectivity index (χ1v) is 8.20. The molecule has 0 aliphatic carbocycles. The molecule has 1 aromatic rings. The van der Waals surface area contributed by atoms with E-state index in [2.05, 4.69) is 40.7 Å². The Morgan fingerprint density at radius 2 is 2.16 bits per heavy atom. The monoisotopic (exact) mass is 341 g/mol. The van der Waals surface area contributed by atoms with Crippen LogP contribution in [0.1, 0.15) is 25.8 Å². The van der Waals surface area contributed by atoms with Gasteiger partial charge in [0.25, 0.3) is 0 Å². The lowest BCUT2D eigenvalue weighted by molar-refractivity contribution is 0.637. The minimum absolute atomic E-state index is 0.132. The molecule has 3 N–H and O–H groups in total. The van der Waals surface area contributed by atoms with Crippen molar-refractivity contribution in [1.29, 1.82) is 5.41 Å². The van der Waals surface area contributed by atoms with Crippen molar-refractivity contribution < 1.29 is 0 Å². The summed E-state index contributed by atoms with van der Waals surface area (Å²) in [4.78, 5) is 2.35. The zero-order valence-corrected chi connectivity index (χ0v) is 13.8. The molecule has 0 unspecified atom stereocenters. The molecule has 1 heterocycles. The fraction of sp³-hybridized carbons (Fsp3) is 0.500. The van der Waals surface area contributed by atoms with Gasteiger partial charge in [-0.05, 0) is 24.6 Å². The number of nitrogens with two attached hydrogens (primary N) is 1. The van der Waals surface area contributed by atoms with Gasteiger partial charge in [0.05, 0.1) is 0 Å². The molecular weight excluding hydrogens is 322 g/mol. The van der Waals surface area contributed by atoms with Gasteiger partial charge in [-0.3, -0.25) is 5.41 Å². The summed E-state index contributed by atoms with van der Waals surface area (Å²) in [7, 11) is 0. The minimum Gasteiger partial charge on any atom is -0.384 e. The van der Waals surface area contributed by atoms with Gasteiger partial charge in [0, 0.05) is 39.3 Å². The lowest BCUT2D eigenvalue weighted by Crippen LogP contribution is -2.29. The van der Waals surface area contributed by atoms with Gasteiger partial charge >= 0.3 is 0 Å². The predicted octanol–water partition coefficient (Wildman–Crippen LogP) is 3.46. The van der Waals surface area contributed by atoms with Crippen LogP contribution in [-0.2, 0) is 0 Å². The molecule has 104 valence electrons. The summed E-state index contributed by atoms with van der Waals surface area (Å²) < 4.78 is 1.30. The van der Waals surface area contributed by atoms with Gasteiger partial charge in [-0.15, -0.1) is 0 Å². The SMILES string of the molecule is CC1(C)CCN(c2ccc(Br)cc2C(=N)N)CCS1. The second-order valence-corrected chi connectivity index (χ2v) is 8.14. The van der Waals surface area contributed by atoms with E-state index in [1.165, 1.54) is 0 Å². The third-order valence-corrected chi connectivity index (χ3v) is 5.29. The summed E-state index contributed by atoms with van der Waals surface area (Å²) in [6.45, 7) is 6.63. The Hall–Kier alpha value is -0.680. The fourth-order valence-corrected chi connectivity index (χ4v) is 3.72. The van der Waals surface area contributed by atoms with E-state index in [4.69, 9.17) is 11.1 Å². The molecule has 2 rings (SSSR count). The summed E-state index contributed by atoms with van der Waals surface area (Å²) in [6, 6.07) is 6.01. The molecule has 0 radical (unpaired) electrons. The summed E-state index contributed by atoms with van der Waals surface area (Å²) in [5, 5.41) is 7.75. The van der Waals surface area contributed by atoms with E-state index >= 15 is 0 Å². The lowest BCUT2D eigenvalue weighted by atomic mass is 10.1. The van der Waals surface area contributed by atoms with Crippen LogP contribution in [0.4, 0.5) is 5.69 Å². The maximum atomic E-state index is 7.75. The number of thioether (sulfide) groups is 1. The molecule has 0 aromatic heterocycles. The molecule has 1 aromatic carbocycles. The maximum absolute atomic E-state index is 7.75. The number of nitrogen functional groups attached to an aromatic ring is 1. The quantitative estimate of drug-likeness (QED) is 0.639. The van der Waals surface area contributed by atoms with E-state index in [1.54, 1.807) is 0 Å². The van der Waals surface area contributed by atoms with Gasteiger partial charge in [-0.25, -0.2) is 0 Å². The van der Waals surface area contributed by atoms with Crippen LogP contribution in [0.2, 0.25) is 0 Å². The molecule has 1 fully saturated rings. The summed E-state index contributed by atoms with van der Waals surface area (Å²) >= 11 is 5.47. The van der Waals surface area contributed by atoms with Crippen molar-refractivity contribution in [2.24, 2.45) is 5.73 Å². The molecule has 19 heavy (non-hydrogen) atoms. The average molecular weight is 342 g/mol. The Kier molecular flexibility index (Phi) is 4.46. The van der Waals surface area contributed by atoms with E-state index in [0.717, 1.165) is 41.0 Å². The third kappa shape index (κ3) is 3.66. The highest BCUT2D eigenvalue weighted by molar-refractivity contribution is 9.10. The number of nitrogens with zero attached hydrogens (tertiary/aromatic N) is 1. The molecule has 5 heteroatoms. The number of amidine groups is 1. The Bertz CT molecular complexity index is 488. The van der Waals surface area contributed by atoms with Crippen LogP contribution in [0.15, 0.2) is 22.7 Å². The Balaban J connectivity index is 2.29. The predicted molar refractivity (Wildman–Crippen MR) is 88.5 cm³/mol. The van der Waals surface area contributed by atoms with Crippen molar-refractivity contribution in [2.75, 3.05) is 23.7 Å². The number of rotatable bonds is 2. The zero-order valence-electron chi connectivity index (χ0n) is 11.4. The minimum atomic E-state index is 0.132. The normalized spacial score (nSPS) is 19.0. The van der Waals surface area contributed by atoms with E-state index in [0.29, 0.717) is 4.75 Å². The van der Waals surface area contributed by atoms with Gasteiger partial charge in [0.15, 0.2) is 0 Å². The van der Waals surface area contributed by atoms with Crippen molar-refractivity contribution >= 4 is 39.2 Å². The largest absolute Gasteiger partial charge is 0.384 e. The molecule has 3 nitrogen and oxygen atoms in total. The first-order valence-electron chi connectivity index (χ1n) is 6.42. The fourth-order valence-electron chi connectivity index (χ4n) is 2.26. The standard InChI is InChI=1S/C14H20BrN3S/c1-14(2)5-6-18(7-8-19-14)12-4-3-10(15)9-11(12)13(16)17/h3-4,9H,5-8H2,1-2H3,(H3,16,17). The van der Waals surface area contributed by atoms with Crippen LogP contribution in [0, 0.1) is 5.41 Å².